The summed E-state index contributed by atoms with van der Waals surface area (Å²) in [4.78, 5) is 5.20. The zero-order valence-corrected chi connectivity index (χ0v) is 14.5. The van der Waals surface area contributed by atoms with E-state index in [2.05, 4.69) is 15.0 Å². The van der Waals surface area contributed by atoms with Crippen LogP contribution in [0.3, 0.4) is 0 Å². The Labute approximate surface area is 133 Å². The van der Waals surface area contributed by atoms with Gasteiger partial charge in [-0.1, -0.05) is 6.92 Å². The number of sulfonamides is 1. The van der Waals surface area contributed by atoms with E-state index >= 15 is 0 Å². The SMILES string of the molecule is CCNCc1sc(S(=O)(=O)NCCc2cscn2)cc1C. The van der Waals surface area contributed by atoms with Crippen LogP contribution >= 0.6 is 22.7 Å². The van der Waals surface area contributed by atoms with Crippen molar-refractivity contribution >= 4 is 32.7 Å². The summed E-state index contributed by atoms with van der Waals surface area (Å²) in [7, 11) is -3.42. The summed E-state index contributed by atoms with van der Waals surface area (Å²) in [5.74, 6) is 0. The number of nitrogens with zero attached hydrogens (tertiary/aromatic N) is 1. The maximum Gasteiger partial charge on any atom is 0.250 e. The Kier molecular flexibility index (Phi) is 5.88. The maximum absolute atomic E-state index is 12.3. The van der Waals surface area contributed by atoms with E-state index in [4.69, 9.17) is 0 Å². The molecule has 0 aromatic carbocycles. The number of thiazole rings is 1. The first-order valence-electron chi connectivity index (χ1n) is 6.69. The van der Waals surface area contributed by atoms with Crippen molar-refractivity contribution in [1.29, 1.82) is 0 Å². The quantitative estimate of drug-likeness (QED) is 0.769. The summed E-state index contributed by atoms with van der Waals surface area (Å²) in [5, 5.41) is 5.15. The Morgan fingerprint density at radius 1 is 1.38 bits per heavy atom. The van der Waals surface area contributed by atoms with Crippen LogP contribution in [0.1, 0.15) is 23.1 Å². The minimum atomic E-state index is -3.42. The van der Waals surface area contributed by atoms with Crippen LogP contribution < -0.4 is 10.0 Å². The number of hydrogen-bond donors (Lipinski definition) is 2. The summed E-state index contributed by atoms with van der Waals surface area (Å²) in [6.07, 6.45) is 0.608. The van der Waals surface area contributed by atoms with Gasteiger partial charge in [-0.25, -0.2) is 18.1 Å². The van der Waals surface area contributed by atoms with E-state index in [-0.39, 0.29) is 0 Å². The number of nitrogens with one attached hydrogen (secondary N) is 2. The third kappa shape index (κ3) is 4.58. The predicted octanol–water partition coefficient (Wildman–Crippen LogP) is 2.14. The molecule has 116 valence electrons. The lowest BCUT2D eigenvalue weighted by molar-refractivity contribution is 0.583. The average Bonchev–Trinajstić information content (AvgIpc) is 3.06. The molecule has 0 saturated heterocycles. The van der Waals surface area contributed by atoms with Gasteiger partial charge in [-0.2, -0.15) is 0 Å². The van der Waals surface area contributed by atoms with Crippen LogP contribution in [0.25, 0.3) is 0 Å². The summed E-state index contributed by atoms with van der Waals surface area (Å²) in [5.41, 5.74) is 3.68. The van der Waals surface area contributed by atoms with E-state index in [1.165, 1.54) is 22.7 Å². The van der Waals surface area contributed by atoms with Crippen molar-refractivity contribution in [2.24, 2.45) is 0 Å². The molecule has 21 heavy (non-hydrogen) atoms. The molecule has 0 fully saturated rings. The Hall–Kier alpha value is -0.800. The largest absolute Gasteiger partial charge is 0.312 e. The molecule has 0 unspecified atom stereocenters. The molecule has 0 radical (unpaired) electrons. The Morgan fingerprint density at radius 3 is 2.86 bits per heavy atom. The summed E-state index contributed by atoms with van der Waals surface area (Å²) in [6.45, 7) is 5.91. The van der Waals surface area contributed by atoms with Gasteiger partial charge in [0, 0.05) is 29.8 Å². The Morgan fingerprint density at radius 2 is 2.19 bits per heavy atom. The van der Waals surface area contributed by atoms with E-state index < -0.39 is 10.0 Å². The summed E-state index contributed by atoms with van der Waals surface area (Å²) < 4.78 is 27.5. The topological polar surface area (TPSA) is 71.1 Å². The number of aryl methyl sites for hydroxylation is 1. The fraction of sp³-hybridized carbons (Fsp3) is 0.462. The fourth-order valence-corrected chi connectivity index (χ4v) is 5.01. The standard InChI is InChI=1S/C13H19N3O2S3/c1-3-14-7-12-10(2)6-13(20-12)21(17,18)16-5-4-11-8-19-9-15-11/h6,8-9,14,16H,3-5,7H2,1-2H3. The van der Waals surface area contributed by atoms with E-state index in [9.17, 15) is 8.42 Å². The molecule has 0 spiro atoms. The lowest BCUT2D eigenvalue weighted by atomic mass is 10.3. The van der Waals surface area contributed by atoms with Crippen molar-refractivity contribution in [3.8, 4) is 0 Å². The monoisotopic (exact) mass is 345 g/mol. The zero-order chi connectivity index (χ0) is 15.3. The molecule has 2 rings (SSSR count). The molecule has 0 aliphatic carbocycles. The molecule has 0 saturated carbocycles. The first-order valence-corrected chi connectivity index (χ1v) is 9.94. The van der Waals surface area contributed by atoms with Gasteiger partial charge in [0.2, 0.25) is 10.0 Å². The molecule has 0 aliphatic rings. The lowest BCUT2D eigenvalue weighted by Crippen LogP contribution is -2.25. The molecule has 0 aliphatic heterocycles. The van der Waals surface area contributed by atoms with Crippen molar-refractivity contribution in [2.45, 2.75) is 31.0 Å². The molecule has 5 nitrogen and oxygen atoms in total. The van der Waals surface area contributed by atoms with Gasteiger partial charge in [0.1, 0.15) is 4.21 Å². The molecule has 0 amide bonds. The van der Waals surface area contributed by atoms with E-state index in [0.29, 0.717) is 23.7 Å². The fourth-order valence-electron chi connectivity index (χ4n) is 1.78. The number of thiophene rings is 1. The first-order chi connectivity index (χ1) is 10.0. The molecule has 2 heterocycles. The Bertz CT molecular complexity index is 663. The minimum absolute atomic E-state index is 0.367. The minimum Gasteiger partial charge on any atom is -0.312 e. The third-order valence-electron chi connectivity index (χ3n) is 2.96. The van der Waals surface area contributed by atoms with Crippen LogP contribution in [0.5, 0.6) is 0 Å². The van der Waals surface area contributed by atoms with Gasteiger partial charge in [-0.15, -0.1) is 22.7 Å². The van der Waals surface area contributed by atoms with Crippen LogP contribution in [0.15, 0.2) is 21.2 Å². The molecule has 0 bridgehead atoms. The van der Waals surface area contributed by atoms with Crippen molar-refractivity contribution in [3.05, 3.63) is 33.1 Å². The van der Waals surface area contributed by atoms with Crippen LogP contribution in [0.4, 0.5) is 0 Å². The number of aromatic nitrogens is 1. The van der Waals surface area contributed by atoms with Gasteiger partial charge in [0.25, 0.3) is 0 Å². The number of rotatable bonds is 8. The average molecular weight is 346 g/mol. The predicted molar refractivity (Wildman–Crippen MR) is 87.4 cm³/mol. The van der Waals surface area contributed by atoms with Crippen molar-refractivity contribution in [3.63, 3.8) is 0 Å². The van der Waals surface area contributed by atoms with E-state index in [0.717, 1.165) is 22.7 Å². The molecule has 8 heteroatoms. The number of hydrogen-bond acceptors (Lipinski definition) is 6. The molecule has 2 aromatic rings. The second-order valence-corrected chi connectivity index (χ2v) is 8.43. The molecule has 0 atom stereocenters. The smallest absolute Gasteiger partial charge is 0.250 e. The van der Waals surface area contributed by atoms with Crippen molar-refractivity contribution in [1.82, 2.24) is 15.0 Å². The van der Waals surface area contributed by atoms with Crippen LogP contribution in [-0.2, 0) is 23.0 Å². The van der Waals surface area contributed by atoms with Gasteiger partial charge in [-0.05, 0) is 25.1 Å². The summed E-state index contributed by atoms with van der Waals surface area (Å²) in [6, 6.07) is 1.74. The highest BCUT2D eigenvalue weighted by Gasteiger charge is 2.18. The highest BCUT2D eigenvalue weighted by Crippen LogP contribution is 2.25. The van der Waals surface area contributed by atoms with Gasteiger partial charge in [0.05, 0.1) is 11.2 Å². The third-order valence-corrected chi connectivity index (χ3v) is 6.76. The van der Waals surface area contributed by atoms with Crippen molar-refractivity contribution < 1.29 is 8.42 Å². The van der Waals surface area contributed by atoms with Gasteiger partial charge in [0.15, 0.2) is 0 Å². The van der Waals surface area contributed by atoms with Crippen LogP contribution in [-0.4, -0.2) is 26.5 Å². The highest BCUT2D eigenvalue weighted by atomic mass is 32.2. The maximum atomic E-state index is 12.3. The van der Waals surface area contributed by atoms with E-state index in [1.54, 1.807) is 11.6 Å². The molecule has 2 N–H and O–H groups in total. The highest BCUT2D eigenvalue weighted by molar-refractivity contribution is 7.91. The van der Waals surface area contributed by atoms with Gasteiger partial charge < -0.3 is 5.32 Å². The first kappa shape index (κ1) is 16.6. The van der Waals surface area contributed by atoms with Crippen LogP contribution in [0.2, 0.25) is 0 Å². The Balaban J connectivity index is 1.98. The molecule has 2 aromatic heterocycles. The second kappa shape index (κ2) is 7.46. The lowest BCUT2D eigenvalue weighted by Gasteiger charge is -2.03. The van der Waals surface area contributed by atoms with E-state index in [1.807, 2.05) is 19.2 Å². The second-order valence-electron chi connectivity index (χ2n) is 4.58. The molecular formula is C13H19N3O2S3. The normalized spacial score (nSPS) is 11.9. The zero-order valence-electron chi connectivity index (χ0n) is 12.0. The molecular weight excluding hydrogens is 326 g/mol. The van der Waals surface area contributed by atoms with Gasteiger partial charge in [-0.3, -0.25) is 0 Å². The van der Waals surface area contributed by atoms with Crippen LogP contribution in [0, 0.1) is 6.92 Å². The van der Waals surface area contributed by atoms with Crippen molar-refractivity contribution in [2.75, 3.05) is 13.1 Å². The van der Waals surface area contributed by atoms with Gasteiger partial charge >= 0.3 is 0 Å². The summed E-state index contributed by atoms with van der Waals surface area (Å²) >= 11 is 2.84.